The number of benzene rings is 6. The zero-order valence-corrected chi connectivity index (χ0v) is 41.4. The first kappa shape index (κ1) is 54.5. The molecule has 0 aliphatic carbocycles. The highest BCUT2D eigenvalue weighted by Crippen LogP contribution is 2.21. The van der Waals surface area contributed by atoms with Crippen LogP contribution in [0.4, 0.5) is 54.2 Å². The Morgan fingerprint density at radius 3 is 1.19 bits per heavy atom. The third kappa shape index (κ3) is 19.6. The summed E-state index contributed by atoms with van der Waals surface area (Å²) in [4.78, 5) is 60.4. The van der Waals surface area contributed by atoms with E-state index in [1.54, 1.807) is 145 Å². The van der Waals surface area contributed by atoms with Gasteiger partial charge in [-0.3, -0.25) is 30.3 Å². The number of sulfonamides is 1. The fourth-order valence-electron chi connectivity index (χ4n) is 5.59. The fourth-order valence-corrected chi connectivity index (χ4v) is 6.80. The zero-order valence-electron chi connectivity index (χ0n) is 39.8. The Balaban J connectivity index is 0.000000230. The van der Waals surface area contributed by atoms with E-state index in [-0.39, 0.29) is 16.7 Å². The number of halogens is 1. The average molecular weight is 995 g/mol. The molecule has 7 N–H and O–H groups in total. The first-order valence-corrected chi connectivity index (χ1v) is 23.2. The van der Waals surface area contributed by atoms with E-state index in [1.165, 1.54) is 36.4 Å². The van der Waals surface area contributed by atoms with Crippen molar-refractivity contribution in [1.29, 1.82) is 0 Å². The van der Waals surface area contributed by atoms with Gasteiger partial charge in [0, 0.05) is 70.1 Å². The minimum atomic E-state index is -3.64. The van der Waals surface area contributed by atoms with Crippen LogP contribution in [0.5, 0.6) is 0 Å². The molecule has 6 aromatic carbocycles. The lowest BCUT2D eigenvalue weighted by molar-refractivity contribution is 0.0624. The van der Waals surface area contributed by atoms with E-state index in [2.05, 4.69) is 31.3 Å². The number of carbonyl (C=O) groups excluding carboxylic acids is 4. The van der Waals surface area contributed by atoms with Gasteiger partial charge in [0.1, 0.15) is 11.2 Å². The largest absolute Gasteiger partial charge is 0.465 e. The summed E-state index contributed by atoms with van der Waals surface area (Å²) in [6.07, 6.45) is -2.22. The molecule has 0 spiro atoms. The topological polar surface area (TPSA) is 234 Å². The summed E-state index contributed by atoms with van der Waals surface area (Å²) in [6.45, 7) is 10.8. The lowest BCUT2D eigenvalue weighted by Crippen LogP contribution is -2.27. The van der Waals surface area contributed by atoms with Crippen molar-refractivity contribution >= 4 is 91.5 Å². The van der Waals surface area contributed by atoms with Crippen LogP contribution in [0, 0.1) is 0 Å². The number of rotatable bonds is 11. The van der Waals surface area contributed by atoms with Crippen LogP contribution in [0.15, 0.2) is 157 Å². The average Bonchev–Trinajstić information content (AvgIpc) is 3.28. The lowest BCUT2D eigenvalue weighted by Gasteiger charge is -2.19. The third-order valence-electron chi connectivity index (χ3n) is 8.77. The summed E-state index contributed by atoms with van der Waals surface area (Å²) in [7, 11) is 0.257. The maximum Gasteiger partial charge on any atom is 0.412 e. The molecule has 17 nitrogen and oxygen atoms in total. The van der Waals surface area contributed by atoms with Crippen LogP contribution < -0.4 is 36.2 Å². The summed E-state index contributed by atoms with van der Waals surface area (Å²) in [5, 5.41) is 22.2. The van der Waals surface area contributed by atoms with Crippen LogP contribution in [0.3, 0.4) is 0 Å². The molecule has 6 aromatic rings. The molecule has 5 amide bonds. The first-order chi connectivity index (χ1) is 32.8. The zero-order chi connectivity index (χ0) is 51.6. The van der Waals surface area contributed by atoms with Gasteiger partial charge in [0.2, 0.25) is 0 Å². The van der Waals surface area contributed by atoms with Crippen LogP contribution in [0.1, 0.15) is 62.3 Å². The van der Waals surface area contributed by atoms with Gasteiger partial charge in [-0.25, -0.2) is 22.8 Å². The van der Waals surface area contributed by atoms with Gasteiger partial charge in [-0.2, -0.15) is 0 Å². The molecule has 0 radical (unpaired) electrons. The van der Waals surface area contributed by atoms with Crippen LogP contribution in [0.25, 0.3) is 0 Å². The number of anilines is 7. The molecule has 0 bridgehead atoms. The van der Waals surface area contributed by atoms with Gasteiger partial charge >= 0.3 is 18.3 Å². The van der Waals surface area contributed by atoms with Gasteiger partial charge in [0.25, 0.3) is 21.8 Å². The van der Waals surface area contributed by atoms with Crippen LogP contribution in [-0.2, 0) is 19.5 Å². The van der Waals surface area contributed by atoms with Crippen molar-refractivity contribution in [2.75, 3.05) is 50.3 Å². The number of carboxylic acid groups (broad SMARTS) is 1. The van der Waals surface area contributed by atoms with E-state index in [4.69, 9.17) is 26.2 Å². The van der Waals surface area contributed by atoms with Gasteiger partial charge in [-0.1, -0.05) is 29.8 Å². The van der Waals surface area contributed by atoms with Crippen molar-refractivity contribution in [1.82, 2.24) is 0 Å². The molecule has 368 valence electrons. The summed E-state index contributed by atoms with van der Waals surface area (Å²) >= 11 is 5.80. The van der Waals surface area contributed by atoms with Crippen molar-refractivity contribution in [2.24, 2.45) is 0 Å². The second-order valence-corrected chi connectivity index (χ2v) is 19.3. The third-order valence-corrected chi connectivity index (χ3v) is 10.4. The molecule has 0 atom stereocenters. The predicted molar refractivity (Wildman–Crippen MR) is 276 cm³/mol. The minimum Gasteiger partial charge on any atom is -0.465 e. The van der Waals surface area contributed by atoms with Crippen molar-refractivity contribution in [2.45, 2.75) is 57.6 Å². The first-order valence-electron chi connectivity index (χ1n) is 21.4. The molecular formula is C51H56ClN7O10S. The van der Waals surface area contributed by atoms with Gasteiger partial charge in [0.05, 0.1) is 4.90 Å². The quantitative estimate of drug-likeness (QED) is 0.0645. The van der Waals surface area contributed by atoms with E-state index < -0.39 is 39.5 Å². The molecule has 6 rings (SSSR count). The Kier molecular flexibility index (Phi) is 19.3. The van der Waals surface area contributed by atoms with Crippen molar-refractivity contribution in [3.8, 4) is 0 Å². The molecule has 0 heterocycles. The summed E-state index contributed by atoms with van der Waals surface area (Å²) in [5.74, 6) is -0.428. The van der Waals surface area contributed by atoms with E-state index in [0.29, 0.717) is 50.3 Å². The van der Waals surface area contributed by atoms with Crippen molar-refractivity contribution in [3.05, 3.63) is 168 Å². The molecule has 70 heavy (non-hydrogen) atoms. The van der Waals surface area contributed by atoms with Gasteiger partial charge in [-0.05, 0) is 175 Å². The monoisotopic (exact) mass is 993 g/mol. The Bertz CT molecular complexity index is 2800. The molecular weight excluding hydrogens is 938 g/mol. The highest BCUT2D eigenvalue weighted by atomic mass is 35.5. The van der Waals surface area contributed by atoms with E-state index in [1.807, 2.05) is 31.1 Å². The molecule has 0 saturated heterocycles. The van der Waals surface area contributed by atoms with Crippen molar-refractivity contribution in [3.63, 3.8) is 0 Å². The Labute approximate surface area is 412 Å². The van der Waals surface area contributed by atoms with Crippen LogP contribution >= 0.6 is 11.6 Å². The second kappa shape index (κ2) is 24.8. The Morgan fingerprint density at radius 2 is 0.829 bits per heavy atom. The Morgan fingerprint density at radius 1 is 0.486 bits per heavy atom. The number of hydrogen-bond donors (Lipinski definition) is 7. The SMILES string of the molecule is CC(C)(C)OC(=O)Nc1ccc(NC(=O)c2ccc(Cl)cc2)cc1.CN(C)c1ccc(C(=O)Nc2ccc(NC(=O)OC(C)(C)C)cc2)cc1.O=C(O)Nc1ccc(NS(=O)(=O)c2ccccc2)cc1. The minimum absolute atomic E-state index is 0.160. The molecule has 0 aromatic heterocycles. The number of nitrogens with zero attached hydrogens (tertiary/aromatic N) is 1. The number of nitrogens with one attached hydrogen (secondary N) is 6. The molecule has 0 saturated carbocycles. The molecule has 0 unspecified atom stereocenters. The van der Waals surface area contributed by atoms with Crippen LogP contribution in [-0.4, -0.2) is 68.9 Å². The number of ether oxygens (including phenoxy) is 2. The number of amides is 5. The highest BCUT2D eigenvalue weighted by molar-refractivity contribution is 7.92. The molecule has 0 fully saturated rings. The van der Waals surface area contributed by atoms with Crippen LogP contribution in [0.2, 0.25) is 5.02 Å². The standard InChI is InChI=1S/C20H25N3O3.C18H19ClN2O3.C13H12N2O4S/c1-20(2,3)26-19(25)22-16-10-8-15(9-11-16)21-18(24)14-6-12-17(13-7-14)23(4)5;1-18(2,3)24-17(23)21-15-10-8-14(9-11-15)20-16(22)12-4-6-13(19)7-5-12;16-13(17)14-10-6-8-11(9-7-10)15-20(18,19)12-4-2-1-3-5-12/h6-13H,1-5H3,(H,21,24)(H,22,25);4-11H,1-3H3,(H,20,22)(H,21,23);1-9,14-15H,(H,16,17). The Hall–Kier alpha value is -8.09. The second-order valence-electron chi connectivity index (χ2n) is 17.2. The lowest BCUT2D eigenvalue weighted by atomic mass is 10.2. The summed E-state index contributed by atoms with van der Waals surface area (Å²) in [5.41, 5.74) is 4.13. The van der Waals surface area contributed by atoms with E-state index in [9.17, 15) is 32.4 Å². The van der Waals surface area contributed by atoms with E-state index >= 15 is 0 Å². The summed E-state index contributed by atoms with van der Waals surface area (Å²) < 4.78 is 36.9. The van der Waals surface area contributed by atoms with Gasteiger partial charge in [0.15, 0.2) is 0 Å². The smallest absolute Gasteiger partial charge is 0.412 e. The number of hydrogen-bond acceptors (Lipinski definition) is 10. The molecule has 0 aliphatic heterocycles. The molecule has 0 aliphatic rings. The van der Waals surface area contributed by atoms with Gasteiger partial charge < -0.3 is 30.1 Å². The molecule has 19 heteroatoms. The van der Waals surface area contributed by atoms with Gasteiger partial charge in [-0.15, -0.1) is 0 Å². The van der Waals surface area contributed by atoms with Crippen molar-refractivity contribution < 1.29 is 47.0 Å². The predicted octanol–water partition coefficient (Wildman–Crippen LogP) is 11.9. The number of carbonyl (C=O) groups is 5. The highest BCUT2D eigenvalue weighted by Gasteiger charge is 2.18. The summed E-state index contributed by atoms with van der Waals surface area (Å²) in [6, 6.07) is 41.4. The normalized spacial score (nSPS) is 10.8. The van der Waals surface area contributed by atoms with E-state index in [0.717, 1.165) is 5.69 Å². The maximum absolute atomic E-state index is 12.3. The maximum atomic E-state index is 12.3. The fraction of sp³-hybridized carbons (Fsp3) is 0.196.